The summed E-state index contributed by atoms with van der Waals surface area (Å²) in [6.45, 7) is 0.366. The number of hydrogen-bond acceptors (Lipinski definition) is 3. The van der Waals surface area contributed by atoms with Gasteiger partial charge in [0, 0.05) is 35.0 Å². The number of carbonyl (C=O) groups is 1. The molecule has 2 aliphatic rings. The minimum Gasteiger partial charge on any atom is -0.338 e. The van der Waals surface area contributed by atoms with Crippen molar-refractivity contribution in [3.63, 3.8) is 0 Å². The number of fused-ring (bicyclic) bond motifs is 2. The summed E-state index contributed by atoms with van der Waals surface area (Å²) in [5.41, 5.74) is 2.41. The molecule has 1 aromatic carbocycles. The van der Waals surface area contributed by atoms with Crippen molar-refractivity contribution in [3.05, 3.63) is 46.6 Å². The van der Waals surface area contributed by atoms with E-state index in [4.69, 9.17) is 0 Å². The van der Waals surface area contributed by atoms with E-state index in [1.807, 2.05) is 30.3 Å². The molecule has 0 atom stereocenters. The van der Waals surface area contributed by atoms with Crippen LogP contribution in [-0.2, 0) is 11.3 Å². The van der Waals surface area contributed by atoms with Crippen LogP contribution in [0.25, 0.3) is 0 Å². The number of nitrogens with one attached hydrogen (secondary N) is 1. The molecular formula is C19H18BrF2N3O. The molecule has 1 aromatic heterocycles. The second kappa shape index (κ2) is 6.61. The maximum absolute atomic E-state index is 13.5. The standard InChI is InChI=1S/C19H18BrF2N3O/c20-14-3-4-15-16(10-14)25(11-13-2-1-9-23-17(13)24-15)18(26)12-5-7-19(21,22)8-6-12/h1-4,9-10,12H,5-8,11H2,(H,23,24). The third-order valence-corrected chi connectivity index (χ3v) is 5.55. The number of anilines is 3. The Morgan fingerprint density at radius 3 is 2.81 bits per heavy atom. The van der Waals surface area contributed by atoms with Gasteiger partial charge in [0.1, 0.15) is 5.82 Å². The monoisotopic (exact) mass is 421 g/mol. The minimum atomic E-state index is -2.64. The Bertz CT molecular complexity index is 848. The third kappa shape index (κ3) is 3.32. The largest absolute Gasteiger partial charge is 0.338 e. The average Bonchev–Trinajstić information content (AvgIpc) is 2.77. The average molecular weight is 422 g/mol. The van der Waals surface area contributed by atoms with E-state index in [0.717, 1.165) is 21.4 Å². The molecular weight excluding hydrogens is 404 g/mol. The van der Waals surface area contributed by atoms with Gasteiger partial charge < -0.3 is 10.2 Å². The van der Waals surface area contributed by atoms with Crippen LogP contribution in [0.4, 0.5) is 26.0 Å². The van der Waals surface area contributed by atoms with Crippen molar-refractivity contribution in [1.29, 1.82) is 0 Å². The fraction of sp³-hybridized carbons (Fsp3) is 0.368. The number of pyridine rings is 1. The van der Waals surface area contributed by atoms with Gasteiger partial charge in [-0.05, 0) is 37.1 Å². The van der Waals surface area contributed by atoms with Gasteiger partial charge in [-0.3, -0.25) is 4.79 Å². The van der Waals surface area contributed by atoms with Gasteiger partial charge in [-0.2, -0.15) is 0 Å². The number of halogens is 3. The van der Waals surface area contributed by atoms with Crippen molar-refractivity contribution in [2.75, 3.05) is 10.2 Å². The predicted octanol–water partition coefficient (Wildman–Crippen LogP) is 5.26. The normalized spacial score (nSPS) is 19.1. The first-order valence-electron chi connectivity index (χ1n) is 8.63. The van der Waals surface area contributed by atoms with E-state index >= 15 is 0 Å². The van der Waals surface area contributed by atoms with Crippen LogP contribution in [0.3, 0.4) is 0 Å². The summed E-state index contributed by atoms with van der Waals surface area (Å²) in [6, 6.07) is 9.41. The third-order valence-electron chi connectivity index (χ3n) is 5.06. The highest BCUT2D eigenvalue weighted by Gasteiger charge is 2.39. The van der Waals surface area contributed by atoms with E-state index in [9.17, 15) is 13.6 Å². The number of amides is 1. The Hall–Kier alpha value is -2.02. The van der Waals surface area contributed by atoms with Crippen LogP contribution in [0.5, 0.6) is 0 Å². The number of aromatic nitrogens is 1. The zero-order chi connectivity index (χ0) is 18.3. The Morgan fingerprint density at radius 1 is 1.27 bits per heavy atom. The van der Waals surface area contributed by atoms with E-state index in [1.54, 1.807) is 11.1 Å². The van der Waals surface area contributed by atoms with Gasteiger partial charge in [-0.15, -0.1) is 0 Å². The van der Waals surface area contributed by atoms with Crippen molar-refractivity contribution >= 4 is 39.0 Å². The summed E-state index contributed by atoms with van der Waals surface area (Å²) in [7, 11) is 0. The van der Waals surface area contributed by atoms with E-state index in [0.29, 0.717) is 12.4 Å². The minimum absolute atomic E-state index is 0.0987. The molecule has 2 aromatic rings. The van der Waals surface area contributed by atoms with Gasteiger partial charge in [0.05, 0.1) is 17.9 Å². The molecule has 1 aliphatic carbocycles. The number of carbonyl (C=O) groups excluding carboxylic acids is 1. The number of alkyl halides is 2. The molecule has 4 nitrogen and oxygen atoms in total. The summed E-state index contributed by atoms with van der Waals surface area (Å²) in [6.07, 6.45) is 1.70. The Morgan fingerprint density at radius 2 is 2.04 bits per heavy atom. The maximum Gasteiger partial charge on any atom is 0.248 e. The van der Waals surface area contributed by atoms with Gasteiger partial charge in [0.15, 0.2) is 0 Å². The second-order valence-corrected chi connectivity index (χ2v) is 7.77. The summed E-state index contributed by atoms with van der Waals surface area (Å²) in [5, 5.41) is 3.29. The molecule has 0 radical (unpaired) electrons. The summed E-state index contributed by atoms with van der Waals surface area (Å²) >= 11 is 3.46. The molecule has 4 rings (SSSR count). The van der Waals surface area contributed by atoms with Crippen LogP contribution >= 0.6 is 15.9 Å². The molecule has 0 spiro atoms. The lowest BCUT2D eigenvalue weighted by Gasteiger charge is -2.32. The molecule has 1 saturated carbocycles. The summed E-state index contributed by atoms with van der Waals surface area (Å²) in [4.78, 5) is 19.3. The SMILES string of the molecule is O=C(C1CCC(F)(F)CC1)N1Cc2cccnc2Nc2ccc(Br)cc21. The quantitative estimate of drug-likeness (QED) is 0.682. The molecule has 7 heteroatoms. The lowest BCUT2D eigenvalue weighted by Crippen LogP contribution is -2.39. The number of nitrogens with zero attached hydrogens (tertiary/aromatic N) is 2. The molecule has 26 heavy (non-hydrogen) atoms. The van der Waals surface area contributed by atoms with Gasteiger partial charge in [0.25, 0.3) is 0 Å². The van der Waals surface area contributed by atoms with E-state index in [2.05, 4.69) is 26.2 Å². The van der Waals surface area contributed by atoms with Gasteiger partial charge in [0.2, 0.25) is 11.8 Å². The number of hydrogen-bond donors (Lipinski definition) is 1. The van der Waals surface area contributed by atoms with Crippen molar-refractivity contribution in [1.82, 2.24) is 4.98 Å². The predicted molar refractivity (Wildman–Crippen MR) is 99.8 cm³/mol. The highest BCUT2D eigenvalue weighted by atomic mass is 79.9. The highest BCUT2D eigenvalue weighted by Crippen LogP contribution is 2.41. The first-order valence-corrected chi connectivity index (χ1v) is 9.42. The Kier molecular flexibility index (Phi) is 4.42. The van der Waals surface area contributed by atoms with E-state index in [1.165, 1.54) is 0 Å². The first-order chi connectivity index (χ1) is 12.4. The number of benzene rings is 1. The van der Waals surface area contributed by atoms with Gasteiger partial charge in [-0.25, -0.2) is 13.8 Å². The van der Waals surface area contributed by atoms with Crippen molar-refractivity contribution in [2.45, 2.75) is 38.2 Å². The van der Waals surface area contributed by atoms with E-state index in [-0.39, 0.29) is 37.5 Å². The Labute approximate surface area is 158 Å². The molecule has 1 N–H and O–H groups in total. The van der Waals surface area contributed by atoms with Crippen LogP contribution in [-0.4, -0.2) is 16.8 Å². The van der Waals surface area contributed by atoms with Gasteiger partial charge in [-0.1, -0.05) is 22.0 Å². The van der Waals surface area contributed by atoms with Crippen LogP contribution in [0, 0.1) is 5.92 Å². The smallest absolute Gasteiger partial charge is 0.248 e. The van der Waals surface area contributed by atoms with Crippen LogP contribution in [0.1, 0.15) is 31.2 Å². The van der Waals surface area contributed by atoms with Crippen LogP contribution in [0.15, 0.2) is 41.0 Å². The first kappa shape index (κ1) is 17.4. The fourth-order valence-electron chi connectivity index (χ4n) is 3.60. The van der Waals surface area contributed by atoms with Crippen molar-refractivity contribution < 1.29 is 13.6 Å². The molecule has 136 valence electrons. The summed E-state index contributed by atoms with van der Waals surface area (Å²) < 4.78 is 27.8. The molecule has 0 bridgehead atoms. The molecule has 2 heterocycles. The van der Waals surface area contributed by atoms with Crippen molar-refractivity contribution in [3.8, 4) is 0 Å². The maximum atomic E-state index is 13.5. The molecule has 1 amide bonds. The highest BCUT2D eigenvalue weighted by molar-refractivity contribution is 9.10. The molecule has 1 aliphatic heterocycles. The molecule has 1 fully saturated rings. The second-order valence-electron chi connectivity index (χ2n) is 6.85. The zero-order valence-corrected chi connectivity index (χ0v) is 15.6. The van der Waals surface area contributed by atoms with Crippen molar-refractivity contribution in [2.24, 2.45) is 5.92 Å². The fourth-order valence-corrected chi connectivity index (χ4v) is 3.95. The number of rotatable bonds is 1. The van der Waals surface area contributed by atoms with Crippen LogP contribution in [0.2, 0.25) is 0 Å². The Balaban J connectivity index is 1.70. The molecule has 0 unspecified atom stereocenters. The zero-order valence-electron chi connectivity index (χ0n) is 14.0. The van der Waals surface area contributed by atoms with E-state index < -0.39 is 5.92 Å². The molecule has 0 saturated heterocycles. The lowest BCUT2D eigenvalue weighted by atomic mass is 9.85. The van der Waals surface area contributed by atoms with Gasteiger partial charge >= 0.3 is 0 Å². The van der Waals surface area contributed by atoms with Crippen LogP contribution < -0.4 is 10.2 Å². The topological polar surface area (TPSA) is 45.2 Å². The summed E-state index contributed by atoms with van der Waals surface area (Å²) in [5.74, 6) is -2.41. The lowest BCUT2D eigenvalue weighted by molar-refractivity contribution is -0.126.